The van der Waals surface area contributed by atoms with Crippen LogP contribution in [0.5, 0.6) is 0 Å². The van der Waals surface area contributed by atoms with Crippen molar-refractivity contribution in [3.05, 3.63) is 0 Å². The van der Waals surface area contributed by atoms with Crippen molar-refractivity contribution in [2.24, 2.45) is 0 Å². The first-order valence-corrected chi connectivity index (χ1v) is 12.4. The minimum atomic E-state index is -2.87. The largest absolute Gasteiger partial charge is 0.786 e. The van der Waals surface area contributed by atoms with Crippen molar-refractivity contribution in [2.75, 3.05) is 24.6 Å². The van der Waals surface area contributed by atoms with Crippen molar-refractivity contribution in [1.82, 2.24) is 0 Å². The molecule has 130 valence electrons. The number of rotatable bonds is 12. The number of hydrogen-bond donors (Lipinski definition) is 2. The van der Waals surface area contributed by atoms with E-state index in [4.69, 9.17) is 14.7 Å². The highest BCUT2D eigenvalue weighted by molar-refractivity contribution is 7.75. The van der Waals surface area contributed by atoms with E-state index in [1.165, 1.54) is 51.4 Å². The summed E-state index contributed by atoms with van der Waals surface area (Å²) in [5.74, 6) is 0. The minimum absolute atomic E-state index is 0.562. The van der Waals surface area contributed by atoms with Gasteiger partial charge in [0.1, 0.15) is 0 Å². The maximum atomic E-state index is 8.70. The quantitative estimate of drug-likeness (QED) is 0.503. The van der Waals surface area contributed by atoms with Crippen molar-refractivity contribution in [3.63, 3.8) is 0 Å². The third-order valence-corrected chi connectivity index (χ3v) is 9.00. The van der Waals surface area contributed by atoms with Gasteiger partial charge < -0.3 is 14.7 Å². The van der Waals surface area contributed by atoms with Gasteiger partial charge in [0.05, 0.1) is 33.3 Å². The van der Waals surface area contributed by atoms with Crippen LogP contribution in [0.4, 0.5) is 0 Å². The third kappa shape index (κ3) is 16.9. The minimum Gasteiger partial charge on any atom is -0.786 e. The molecule has 3 nitrogen and oxygen atoms in total. The van der Waals surface area contributed by atoms with Gasteiger partial charge in [0.2, 0.25) is 0 Å². The summed E-state index contributed by atoms with van der Waals surface area (Å²) in [7, 11) is -3.43. The summed E-state index contributed by atoms with van der Waals surface area (Å²) in [6.45, 7) is 9.42. The lowest BCUT2D eigenvalue weighted by Crippen LogP contribution is -2.12. The molecule has 0 unspecified atom stereocenters. The maximum Gasteiger partial charge on any atom is 0.0755 e. The molecule has 0 fully saturated rings. The van der Waals surface area contributed by atoms with E-state index in [9.17, 15) is 0 Å². The molecule has 5 heteroatoms. The van der Waals surface area contributed by atoms with Crippen LogP contribution in [-0.2, 0) is 0 Å². The van der Waals surface area contributed by atoms with Crippen molar-refractivity contribution in [3.8, 4) is 0 Å². The fraction of sp³-hybridized carbons (Fsp3) is 1.00. The van der Waals surface area contributed by atoms with Crippen LogP contribution in [-0.4, -0.2) is 34.4 Å². The molecule has 0 amide bonds. The van der Waals surface area contributed by atoms with Gasteiger partial charge in [-0.2, -0.15) is 0 Å². The number of unbranched alkanes of at least 4 members (excludes halogenated alkanes) is 4. The highest BCUT2D eigenvalue weighted by atomic mass is 31.2. The smallest absolute Gasteiger partial charge is 0.0755 e. The highest BCUT2D eigenvalue weighted by Gasteiger charge is 2.34. The molecule has 0 saturated heterocycles. The summed E-state index contributed by atoms with van der Waals surface area (Å²) in [5.41, 5.74) is 0. The fourth-order valence-electron chi connectivity index (χ4n) is 2.64. The Kier molecular flexibility index (Phi) is 19.5. The lowest BCUT2D eigenvalue weighted by atomic mass is 10.4. The average molecular weight is 340 g/mol. The molecule has 0 aromatic heterocycles. The van der Waals surface area contributed by atoms with Crippen LogP contribution in [0.15, 0.2) is 0 Å². The van der Waals surface area contributed by atoms with Crippen molar-refractivity contribution in [2.45, 2.75) is 79.1 Å². The van der Waals surface area contributed by atoms with E-state index in [1.807, 2.05) is 0 Å². The van der Waals surface area contributed by atoms with Crippen LogP contribution in [0, 0.1) is 0 Å². The van der Waals surface area contributed by atoms with E-state index in [-0.39, 0.29) is 0 Å². The summed E-state index contributed by atoms with van der Waals surface area (Å²) in [4.78, 5) is 22.9. The summed E-state index contributed by atoms with van der Waals surface area (Å²) in [6.07, 6.45) is 17.9. The van der Waals surface area contributed by atoms with E-state index < -0.39 is 15.9 Å². The molecule has 0 heterocycles. The van der Waals surface area contributed by atoms with Gasteiger partial charge in [0.15, 0.2) is 0 Å². The summed E-state index contributed by atoms with van der Waals surface area (Å²) >= 11 is 0. The van der Waals surface area contributed by atoms with Crippen LogP contribution in [0.25, 0.3) is 0 Å². The monoisotopic (exact) mass is 340 g/mol. The van der Waals surface area contributed by atoms with Crippen molar-refractivity contribution >= 4 is 15.9 Å². The van der Waals surface area contributed by atoms with E-state index in [1.54, 1.807) is 24.6 Å². The molecule has 0 radical (unpaired) electrons. The lowest BCUT2D eigenvalue weighted by molar-refractivity contribution is -0.193. The van der Waals surface area contributed by atoms with Gasteiger partial charge >= 0.3 is 0 Å². The molecule has 0 spiro atoms. The van der Waals surface area contributed by atoms with E-state index in [2.05, 4.69) is 27.7 Å². The van der Waals surface area contributed by atoms with Crippen LogP contribution in [0.3, 0.4) is 0 Å². The van der Waals surface area contributed by atoms with Gasteiger partial charge in [0, 0.05) is 7.26 Å². The summed E-state index contributed by atoms with van der Waals surface area (Å²) in [5, 5.41) is 0. The molecule has 0 aromatic rings. The predicted molar refractivity (Wildman–Crippen MR) is 97.4 cm³/mol. The Morgan fingerprint density at radius 3 is 1.00 bits per heavy atom. The molecule has 0 saturated carbocycles. The lowest BCUT2D eigenvalue weighted by Gasteiger charge is -2.28. The zero-order chi connectivity index (χ0) is 16.6. The van der Waals surface area contributed by atoms with Crippen LogP contribution >= 0.6 is 15.9 Å². The third-order valence-electron chi connectivity index (χ3n) is 3.94. The first-order valence-electron chi connectivity index (χ1n) is 8.68. The Morgan fingerprint density at radius 2 is 0.857 bits per heavy atom. The van der Waals surface area contributed by atoms with Crippen molar-refractivity contribution < 1.29 is 14.7 Å². The molecule has 0 atom stereocenters. The SMILES string of the molecule is CCCC[P+](CCCC)(CCCC)CCCC.[O-]P(O)O. The molecule has 0 aliphatic heterocycles. The molecule has 0 aromatic carbocycles. The Labute approximate surface area is 134 Å². The second kappa shape index (κ2) is 17.1. The first-order chi connectivity index (χ1) is 9.97. The van der Waals surface area contributed by atoms with Gasteiger partial charge in [-0.3, -0.25) is 0 Å². The molecule has 0 aliphatic carbocycles. The zero-order valence-electron chi connectivity index (χ0n) is 14.7. The van der Waals surface area contributed by atoms with Crippen LogP contribution in [0.1, 0.15) is 79.1 Å². The summed E-state index contributed by atoms with van der Waals surface area (Å²) in [6, 6.07) is 0. The summed E-state index contributed by atoms with van der Waals surface area (Å²) < 4.78 is 0. The Balaban J connectivity index is 0. The molecular formula is C16H38O3P2. The molecule has 2 N–H and O–H groups in total. The topological polar surface area (TPSA) is 63.5 Å². The van der Waals surface area contributed by atoms with Gasteiger partial charge in [-0.1, -0.05) is 53.4 Å². The maximum absolute atomic E-state index is 8.70. The normalized spacial score (nSPS) is 11.4. The van der Waals surface area contributed by atoms with Crippen LogP contribution < -0.4 is 4.89 Å². The van der Waals surface area contributed by atoms with Gasteiger partial charge in [-0.05, 0) is 25.7 Å². The van der Waals surface area contributed by atoms with Crippen molar-refractivity contribution in [1.29, 1.82) is 0 Å². The average Bonchev–Trinajstić information content (AvgIpc) is 2.45. The van der Waals surface area contributed by atoms with E-state index >= 15 is 0 Å². The van der Waals surface area contributed by atoms with Gasteiger partial charge in [-0.25, -0.2) is 0 Å². The standard InChI is InChI=1S/C16H36P.H2O3P/c1-5-9-13-17(14-10-6-2,15-11-7-3)16-12-8-4;1-4(2)3/h5-16H2,1-4H3;1-2H/q+1;-1. The Hall–Kier alpha value is 0.740. The van der Waals surface area contributed by atoms with E-state index in [0.717, 1.165) is 0 Å². The number of hydrogen-bond acceptors (Lipinski definition) is 3. The molecule has 0 bridgehead atoms. The Morgan fingerprint density at radius 1 is 0.667 bits per heavy atom. The van der Waals surface area contributed by atoms with Gasteiger partial charge in [0.25, 0.3) is 0 Å². The Bertz CT molecular complexity index is 162. The molecule has 0 rings (SSSR count). The first kappa shape index (κ1) is 24.0. The van der Waals surface area contributed by atoms with Gasteiger partial charge in [-0.15, -0.1) is 0 Å². The second-order valence-electron chi connectivity index (χ2n) is 5.90. The van der Waals surface area contributed by atoms with E-state index in [0.29, 0.717) is 0 Å². The van der Waals surface area contributed by atoms with Crippen LogP contribution in [0.2, 0.25) is 0 Å². The molecular weight excluding hydrogens is 302 g/mol. The highest BCUT2D eigenvalue weighted by Crippen LogP contribution is 2.61. The molecule has 21 heavy (non-hydrogen) atoms. The predicted octanol–water partition coefficient (Wildman–Crippen LogP) is 4.76. The zero-order valence-corrected chi connectivity index (χ0v) is 16.5. The second-order valence-corrected chi connectivity index (χ2v) is 10.9. The fourth-order valence-corrected chi connectivity index (χ4v) is 7.93. The molecule has 0 aliphatic rings.